The fourth-order valence-electron chi connectivity index (χ4n) is 0.737. The van der Waals surface area contributed by atoms with Crippen molar-refractivity contribution in [1.29, 1.82) is 5.26 Å². The summed E-state index contributed by atoms with van der Waals surface area (Å²) in [6.07, 6.45) is 1.03. The maximum Gasteiger partial charge on any atom is 0.246 e. The Morgan fingerprint density at radius 2 is 2.29 bits per heavy atom. The Kier molecular flexibility index (Phi) is 2.99. The molecule has 1 heterocycles. The molecule has 0 spiro atoms. The van der Waals surface area contributed by atoms with Crippen molar-refractivity contribution in [3.8, 4) is 6.07 Å². The van der Waals surface area contributed by atoms with Crippen LogP contribution in [0, 0.1) is 17.3 Å². The lowest BCUT2D eigenvalue weighted by atomic mass is 10.4. The number of aromatic nitrogens is 1. The number of nitrogens with zero attached hydrogens (tertiary/aromatic N) is 2. The molecule has 0 amide bonds. The van der Waals surface area contributed by atoms with Crippen LogP contribution in [0.25, 0.3) is 0 Å². The van der Waals surface area contributed by atoms with Gasteiger partial charge in [0.1, 0.15) is 0 Å². The maximum atomic E-state index is 12.3. The van der Waals surface area contributed by atoms with E-state index in [9.17, 15) is 12.8 Å². The second-order valence-corrected chi connectivity index (χ2v) is 4.11. The number of anilines is 1. The van der Waals surface area contributed by atoms with E-state index >= 15 is 0 Å². The van der Waals surface area contributed by atoms with E-state index < -0.39 is 21.7 Å². The van der Waals surface area contributed by atoms with Crippen LogP contribution in [-0.4, -0.2) is 19.2 Å². The van der Waals surface area contributed by atoms with Crippen LogP contribution in [0.4, 0.5) is 10.1 Å². The van der Waals surface area contributed by atoms with Gasteiger partial charge in [-0.2, -0.15) is 9.65 Å². The zero-order chi connectivity index (χ0) is 10.6. The average Bonchev–Trinajstić information content (AvgIpc) is 2.08. The highest BCUT2D eigenvalue weighted by atomic mass is 32.2. The van der Waals surface area contributed by atoms with Gasteiger partial charge in [0.05, 0.1) is 18.0 Å². The van der Waals surface area contributed by atoms with Gasteiger partial charge in [0, 0.05) is 0 Å². The van der Waals surface area contributed by atoms with Crippen molar-refractivity contribution in [1.82, 2.24) is 4.98 Å². The minimum absolute atomic E-state index is 0.127. The molecule has 0 aromatic carbocycles. The Morgan fingerprint density at radius 1 is 1.57 bits per heavy atom. The fourth-order valence-corrected chi connectivity index (χ4v) is 1.46. The zero-order valence-corrected chi connectivity index (χ0v) is 7.75. The van der Waals surface area contributed by atoms with Gasteiger partial charge in [-0.25, -0.2) is 13.4 Å². The molecule has 14 heavy (non-hydrogen) atoms. The van der Waals surface area contributed by atoms with E-state index in [0.29, 0.717) is 0 Å². The van der Waals surface area contributed by atoms with Crippen LogP contribution in [0.5, 0.6) is 0 Å². The van der Waals surface area contributed by atoms with Crippen molar-refractivity contribution in [2.24, 2.45) is 0 Å². The summed E-state index contributed by atoms with van der Waals surface area (Å²) in [6, 6.07) is 3.73. The standard InChI is InChI=1S/C7H6FN3O2S/c8-7-2-1-6(5-10-7)11-14(12,13)4-3-9/h1-2,5,11H,4H2. The summed E-state index contributed by atoms with van der Waals surface area (Å²) < 4.78 is 36.5. The molecule has 0 aliphatic rings. The molecule has 0 radical (unpaired) electrons. The molecule has 0 bridgehead atoms. The molecule has 0 unspecified atom stereocenters. The topological polar surface area (TPSA) is 82.8 Å². The predicted molar refractivity (Wildman–Crippen MR) is 47.2 cm³/mol. The molecular formula is C7H6FN3O2S. The first kappa shape index (κ1) is 10.4. The number of sulfonamides is 1. The predicted octanol–water partition coefficient (Wildman–Crippen LogP) is 0.486. The smallest absolute Gasteiger partial charge is 0.246 e. The average molecular weight is 215 g/mol. The molecule has 1 rings (SSSR count). The van der Waals surface area contributed by atoms with Crippen LogP contribution in [0.1, 0.15) is 0 Å². The quantitative estimate of drug-likeness (QED) is 0.743. The highest BCUT2D eigenvalue weighted by molar-refractivity contribution is 7.92. The molecule has 1 aromatic rings. The minimum Gasteiger partial charge on any atom is -0.281 e. The summed E-state index contributed by atoms with van der Waals surface area (Å²) in [5, 5.41) is 8.18. The SMILES string of the molecule is N#CCS(=O)(=O)Nc1ccc(F)nc1. The zero-order valence-electron chi connectivity index (χ0n) is 6.94. The summed E-state index contributed by atoms with van der Waals surface area (Å²) >= 11 is 0. The second kappa shape index (κ2) is 4.02. The van der Waals surface area contributed by atoms with Gasteiger partial charge in [0.25, 0.3) is 0 Å². The van der Waals surface area contributed by atoms with Gasteiger partial charge in [0.15, 0.2) is 5.75 Å². The molecule has 0 atom stereocenters. The van der Waals surface area contributed by atoms with E-state index in [1.807, 2.05) is 0 Å². The van der Waals surface area contributed by atoms with Crippen molar-refractivity contribution in [3.63, 3.8) is 0 Å². The lowest BCUT2D eigenvalue weighted by molar-refractivity contribution is 0.583. The van der Waals surface area contributed by atoms with Crippen molar-refractivity contribution >= 4 is 15.7 Å². The van der Waals surface area contributed by atoms with E-state index in [4.69, 9.17) is 5.26 Å². The number of nitrogens with one attached hydrogen (secondary N) is 1. The Labute approximate surface area is 80.2 Å². The number of pyridine rings is 1. The lowest BCUT2D eigenvalue weighted by Gasteiger charge is -2.03. The molecule has 0 saturated carbocycles. The molecule has 0 fully saturated rings. The van der Waals surface area contributed by atoms with Gasteiger partial charge < -0.3 is 0 Å². The number of halogens is 1. The summed E-state index contributed by atoms with van der Waals surface area (Å²) in [5.74, 6) is -1.35. The number of nitriles is 1. The number of rotatable bonds is 3. The normalized spacial score (nSPS) is 10.6. The first-order chi connectivity index (χ1) is 6.53. The van der Waals surface area contributed by atoms with Crippen LogP contribution >= 0.6 is 0 Å². The van der Waals surface area contributed by atoms with Gasteiger partial charge >= 0.3 is 0 Å². The van der Waals surface area contributed by atoms with E-state index in [1.165, 1.54) is 12.1 Å². The highest BCUT2D eigenvalue weighted by Crippen LogP contribution is 2.07. The molecule has 0 aliphatic carbocycles. The van der Waals surface area contributed by atoms with Crippen LogP contribution in [-0.2, 0) is 10.0 Å². The van der Waals surface area contributed by atoms with E-state index in [0.717, 1.165) is 12.3 Å². The monoisotopic (exact) mass is 215 g/mol. The van der Waals surface area contributed by atoms with Crippen molar-refractivity contribution in [3.05, 3.63) is 24.3 Å². The molecule has 0 aliphatic heterocycles. The molecule has 1 aromatic heterocycles. The van der Waals surface area contributed by atoms with Gasteiger partial charge in [-0.05, 0) is 12.1 Å². The van der Waals surface area contributed by atoms with Gasteiger partial charge in [0.2, 0.25) is 16.0 Å². The Bertz CT molecular complexity index is 449. The van der Waals surface area contributed by atoms with Crippen LogP contribution in [0.3, 0.4) is 0 Å². The van der Waals surface area contributed by atoms with Gasteiger partial charge in [-0.15, -0.1) is 0 Å². The van der Waals surface area contributed by atoms with Gasteiger partial charge in [-0.1, -0.05) is 0 Å². The van der Waals surface area contributed by atoms with Crippen LogP contribution in [0.15, 0.2) is 18.3 Å². The fraction of sp³-hybridized carbons (Fsp3) is 0.143. The van der Waals surface area contributed by atoms with Crippen LogP contribution < -0.4 is 4.72 Å². The van der Waals surface area contributed by atoms with Crippen molar-refractivity contribution in [2.45, 2.75) is 0 Å². The van der Waals surface area contributed by atoms with Crippen LogP contribution in [0.2, 0.25) is 0 Å². The van der Waals surface area contributed by atoms with Crippen molar-refractivity contribution in [2.75, 3.05) is 10.5 Å². The lowest BCUT2D eigenvalue weighted by Crippen LogP contribution is -2.15. The third-order valence-corrected chi connectivity index (χ3v) is 2.31. The second-order valence-electron chi connectivity index (χ2n) is 2.39. The molecule has 7 heteroatoms. The molecule has 5 nitrogen and oxygen atoms in total. The van der Waals surface area contributed by atoms with E-state index in [2.05, 4.69) is 9.71 Å². The van der Waals surface area contributed by atoms with E-state index in [-0.39, 0.29) is 5.69 Å². The summed E-state index contributed by atoms with van der Waals surface area (Å²) in [5.41, 5.74) is 0.127. The van der Waals surface area contributed by atoms with Gasteiger partial charge in [-0.3, -0.25) is 4.72 Å². The minimum atomic E-state index is -3.67. The highest BCUT2D eigenvalue weighted by Gasteiger charge is 2.09. The molecular weight excluding hydrogens is 209 g/mol. The first-order valence-electron chi connectivity index (χ1n) is 3.52. The Balaban J connectivity index is 2.80. The summed E-state index contributed by atoms with van der Waals surface area (Å²) in [7, 11) is -3.67. The summed E-state index contributed by atoms with van der Waals surface area (Å²) in [6.45, 7) is 0. The Morgan fingerprint density at radius 3 is 2.79 bits per heavy atom. The largest absolute Gasteiger partial charge is 0.281 e. The summed E-state index contributed by atoms with van der Waals surface area (Å²) in [4.78, 5) is 3.25. The van der Waals surface area contributed by atoms with E-state index in [1.54, 1.807) is 0 Å². The molecule has 74 valence electrons. The Hall–Kier alpha value is -1.68. The van der Waals surface area contributed by atoms with Crippen molar-refractivity contribution < 1.29 is 12.8 Å². The number of hydrogen-bond acceptors (Lipinski definition) is 4. The molecule has 1 N–H and O–H groups in total. The maximum absolute atomic E-state index is 12.3. The number of hydrogen-bond donors (Lipinski definition) is 1. The third-order valence-electron chi connectivity index (χ3n) is 1.26. The first-order valence-corrected chi connectivity index (χ1v) is 5.18. The molecule has 0 saturated heterocycles. The third kappa shape index (κ3) is 2.99.